The van der Waals surface area contributed by atoms with E-state index < -0.39 is 5.97 Å². The van der Waals surface area contributed by atoms with Gasteiger partial charge in [0.2, 0.25) is 0 Å². The minimum absolute atomic E-state index is 0.0145. The van der Waals surface area contributed by atoms with Crippen molar-refractivity contribution in [1.82, 2.24) is 4.57 Å². The Labute approximate surface area is 260 Å². The number of carboxylic acids is 1. The highest BCUT2D eigenvalue weighted by Gasteiger charge is 2.20. The van der Waals surface area contributed by atoms with Crippen molar-refractivity contribution in [1.29, 1.82) is 0 Å². The van der Waals surface area contributed by atoms with Crippen molar-refractivity contribution in [2.24, 2.45) is 7.05 Å². The first-order valence-corrected chi connectivity index (χ1v) is 15.8. The van der Waals surface area contributed by atoms with Crippen LogP contribution >= 0.6 is 0 Å². The number of aromatic nitrogens is 1. The topological polar surface area (TPSA) is 62.5 Å². The van der Waals surface area contributed by atoms with E-state index in [0.29, 0.717) is 24.0 Å². The number of carboxylic acid groups (broad SMARTS) is 1. The monoisotopic (exact) mass is 586 g/mol. The summed E-state index contributed by atoms with van der Waals surface area (Å²) in [6.45, 7) is 16.6. The van der Waals surface area contributed by atoms with Crippen LogP contribution in [0, 0.1) is 0 Å². The molecule has 0 radical (unpaired) electrons. The van der Waals surface area contributed by atoms with Crippen molar-refractivity contribution >= 4 is 17.4 Å². The Morgan fingerprint density at radius 2 is 1.42 bits per heavy atom. The van der Waals surface area contributed by atoms with Gasteiger partial charge >= 0.3 is 5.97 Å². The molecular formula is C38H54N2O3. The van der Waals surface area contributed by atoms with Crippen LogP contribution in [0.3, 0.4) is 0 Å². The molecule has 1 aromatic carbocycles. The highest BCUT2D eigenvalue weighted by molar-refractivity contribution is 6.10. The summed E-state index contributed by atoms with van der Waals surface area (Å²) >= 11 is 0. The number of ketones is 1. The highest BCUT2D eigenvalue weighted by atomic mass is 16.4. The van der Waals surface area contributed by atoms with Crippen LogP contribution in [-0.4, -0.2) is 34.5 Å². The average molecular weight is 587 g/mol. The molecule has 0 amide bonds. The molecule has 0 saturated carbocycles. The van der Waals surface area contributed by atoms with Crippen LogP contribution in [-0.2, 0) is 24.7 Å². The van der Waals surface area contributed by atoms with E-state index in [0.717, 1.165) is 62.3 Å². The summed E-state index contributed by atoms with van der Waals surface area (Å²) in [5.41, 5.74) is 9.84. The first-order chi connectivity index (χ1) is 20.4. The van der Waals surface area contributed by atoms with Gasteiger partial charge in [0, 0.05) is 54.8 Å². The first-order valence-electron chi connectivity index (χ1n) is 15.8. The maximum atomic E-state index is 13.9. The summed E-state index contributed by atoms with van der Waals surface area (Å²) in [7, 11) is 1.97. The molecule has 0 unspecified atom stereocenters. The van der Waals surface area contributed by atoms with Crippen LogP contribution in [0.4, 0.5) is 5.69 Å². The first kappa shape index (κ1) is 35.6. The fraction of sp³-hybridized carbons (Fsp3) is 0.474. The summed E-state index contributed by atoms with van der Waals surface area (Å²) < 4.78 is 2.07. The fourth-order valence-corrected chi connectivity index (χ4v) is 5.18. The van der Waals surface area contributed by atoms with Gasteiger partial charge in [-0.2, -0.15) is 0 Å². The van der Waals surface area contributed by atoms with Crippen LogP contribution < -0.4 is 4.90 Å². The minimum Gasteiger partial charge on any atom is -0.481 e. The lowest BCUT2D eigenvalue weighted by Crippen LogP contribution is -2.24. The van der Waals surface area contributed by atoms with Crippen LogP contribution in [0.15, 0.2) is 76.9 Å². The number of carbonyl (C=O) groups excluding carboxylic acids is 1. The average Bonchev–Trinajstić information content (AvgIpc) is 3.26. The summed E-state index contributed by atoms with van der Waals surface area (Å²) in [6, 6.07) is 9.97. The van der Waals surface area contributed by atoms with E-state index in [4.69, 9.17) is 5.11 Å². The second-order valence-electron chi connectivity index (χ2n) is 12.2. The second kappa shape index (κ2) is 18.1. The molecule has 1 N–H and O–H groups in total. The van der Waals surface area contributed by atoms with Crippen molar-refractivity contribution in [2.75, 3.05) is 18.0 Å². The Hall–Kier alpha value is -3.60. The Morgan fingerprint density at radius 1 is 0.837 bits per heavy atom. The van der Waals surface area contributed by atoms with E-state index >= 15 is 0 Å². The number of rotatable bonds is 18. The molecule has 0 aliphatic rings. The molecule has 0 fully saturated rings. The molecule has 0 aliphatic carbocycles. The molecule has 0 aliphatic heterocycles. The zero-order valence-electron chi connectivity index (χ0n) is 27.9. The number of aryl methyl sites for hydroxylation is 1. The van der Waals surface area contributed by atoms with Crippen LogP contribution in [0.2, 0.25) is 0 Å². The van der Waals surface area contributed by atoms with Crippen LogP contribution in [0.25, 0.3) is 0 Å². The number of aliphatic carboxylic acids is 1. The number of nitrogens with zero attached hydrogens (tertiary/aromatic N) is 2. The van der Waals surface area contributed by atoms with Gasteiger partial charge in [-0.3, -0.25) is 9.59 Å². The molecule has 1 aromatic heterocycles. The Balaban J connectivity index is 2.35. The number of hydrogen-bond donors (Lipinski definition) is 1. The van der Waals surface area contributed by atoms with Gasteiger partial charge in [0.1, 0.15) is 0 Å². The van der Waals surface area contributed by atoms with Gasteiger partial charge in [-0.1, -0.05) is 65.7 Å². The molecule has 0 atom stereocenters. The number of hydrogen-bond acceptors (Lipinski definition) is 3. The molecule has 0 bridgehead atoms. The zero-order valence-corrected chi connectivity index (χ0v) is 27.9. The summed E-state index contributed by atoms with van der Waals surface area (Å²) in [5.74, 6) is -0.779. The molecule has 234 valence electrons. The summed E-state index contributed by atoms with van der Waals surface area (Å²) in [6.07, 6.45) is 15.4. The van der Waals surface area contributed by atoms with Crippen molar-refractivity contribution in [2.45, 2.75) is 99.8 Å². The zero-order chi connectivity index (χ0) is 31.9. The molecule has 43 heavy (non-hydrogen) atoms. The standard InChI is InChI=1S/C38H54N2O3/c1-9-36-35(27-33(39(36)8)19-13-21-37(41)42)38(43)32-18-12-20-34(26-32)40(24-22-30(6)16-10-14-28(2)3)25-23-31(7)17-11-15-29(4)5/h12,14-15,18,20,22-23,26-27H,9-11,13,16-17,19,21,24-25H2,1-8H3,(H,41,42)/b30-22+,31-23+. The quantitative estimate of drug-likeness (QED) is 0.140. The lowest BCUT2D eigenvalue weighted by atomic mass is 10.0. The highest BCUT2D eigenvalue weighted by Crippen LogP contribution is 2.24. The number of benzene rings is 1. The molecule has 1 heterocycles. The van der Waals surface area contributed by atoms with E-state index in [1.807, 2.05) is 31.3 Å². The third kappa shape index (κ3) is 12.3. The molecule has 0 saturated heterocycles. The van der Waals surface area contributed by atoms with Crippen molar-refractivity contribution < 1.29 is 14.7 Å². The predicted molar refractivity (Wildman–Crippen MR) is 182 cm³/mol. The van der Waals surface area contributed by atoms with Crippen molar-refractivity contribution in [3.8, 4) is 0 Å². The largest absolute Gasteiger partial charge is 0.481 e. The lowest BCUT2D eigenvalue weighted by molar-refractivity contribution is -0.137. The van der Waals surface area contributed by atoms with Gasteiger partial charge < -0.3 is 14.6 Å². The minimum atomic E-state index is -0.793. The van der Waals surface area contributed by atoms with E-state index in [2.05, 4.69) is 88.3 Å². The van der Waals surface area contributed by atoms with Crippen molar-refractivity contribution in [3.05, 3.63) is 99.4 Å². The van der Waals surface area contributed by atoms with E-state index in [9.17, 15) is 9.59 Å². The van der Waals surface area contributed by atoms with Gasteiger partial charge in [0.15, 0.2) is 5.78 Å². The number of anilines is 1. The molecule has 0 spiro atoms. The molecule has 5 heteroatoms. The van der Waals surface area contributed by atoms with Gasteiger partial charge in [0.25, 0.3) is 0 Å². The predicted octanol–water partition coefficient (Wildman–Crippen LogP) is 9.42. The summed E-state index contributed by atoms with van der Waals surface area (Å²) in [4.78, 5) is 27.2. The third-order valence-corrected chi connectivity index (χ3v) is 7.84. The molecule has 5 nitrogen and oxygen atoms in total. The number of allylic oxidation sites excluding steroid dienone is 6. The van der Waals surface area contributed by atoms with Crippen LogP contribution in [0.1, 0.15) is 114 Å². The van der Waals surface area contributed by atoms with E-state index in [1.165, 1.54) is 22.3 Å². The van der Waals surface area contributed by atoms with Gasteiger partial charge in [0.05, 0.1) is 0 Å². The third-order valence-electron chi connectivity index (χ3n) is 7.84. The smallest absolute Gasteiger partial charge is 0.303 e. The van der Waals surface area contributed by atoms with Gasteiger partial charge in [-0.15, -0.1) is 0 Å². The van der Waals surface area contributed by atoms with Crippen LogP contribution in [0.5, 0.6) is 0 Å². The summed E-state index contributed by atoms with van der Waals surface area (Å²) in [5, 5.41) is 9.05. The van der Waals surface area contributed by atoms with E-state index in [-0.39, 0.29) is 12.2 Å². The number of carbonyl (C=O) groups is 2. The molecule has 2 rings (SSSR count). The van der Waals surface area contributed by atoms with E-state index in [1.54, 1.807) is 0 Å². The maximum absolute atomic E-state index is 13.9. The fourth-order valence-electron chi connectivity index (χ4n) is 5.18. The lowest BCUT2D eigenvalue weighted by Gasteiger charge is -2.23. The van der Waals surface area contributed by atoms with Crippen molar-refractivity contribution in [3.63, 3.8) is 0 Å². The molecular weight excluding hydrogens is 532 g/mol. The molecule has 2 aromatic rings. The normalized spacial score (nSPS) is 11.8. The Kier molecular flexibility index (Phi) is 15.0. The maximum Gasteiger partial charge on any atom is 0.303 e. The Morgan fingerprint density at radius 3 is 1.93 bits per heavy atom. The Bertz CT molecular complexity index is 1310. The second-order valence-corrected chi connectivity index (χ2v) is 12.2. The van der Waals surface area contributed by atoms with Gasteiger partial charge in [-0.05, 0) is 105 Å². The SMILES string of the molecule is CCc1c(C(=O)c2cccc(N(C/C=C(\C)CCC=C(C)C)C/C=C(\C)CCC=C(C)C)c2)cc(CCCC(=O)O)n1C. The van der Waals surface area contributed by atoms with Gasteiger partial charge in [-0.25, -0.2) is 0 Å².